The molecule has 160 valence electrons. The molecule has 1 aromatic carbocycles. The van der Waals surface area contributed by atoms with Crippen LogP contribution in [0.5, 0.6) is 5.75 Å². The minimum absolute atomic E-state index is 0.00215. The van der Waals surface area contributed by atoms with E-state index in [0.717, 1.165) is 0 Å². The number of aromatic nitrogens is 2. The number of carbonyl (C=O) groups excluding carboxylic acids is 2. The number of carbonyl (C=O) groups is 2. The summed E-state index contributed by atoms with van der Waals surface area (Å²) in [6.07, 6.45) is 0.00215. The van der Waals surface area contributed by atoms with E-state index in [1.165, 1.54) is 16.2 Å². The van der Waals surface area contributed by atoms with E-state index in [2.05, 4.69) is 10.2 Å². The van der Waals surface area contributed by atoms with Gasteiger partial charge in [-0.1, -0.05) is 11.3 Å². The molecule has 9 heteroatoms. The molecule has 2 aromatic heterocycles. The van der Waals surface area contributed by atoms with Gasteiger partial charge in [-0.25, -0.2) is 0 Å². The van der Waals surface area contributed by atoms with Crippen molar-refractivity contribution >= 4 is 33.9 Å². The molecule has 1 aliphatic rings. The number of Topliss-reactive ketones (excluding diaryl/α,β-unsaturated/α-hetero) is 1. The van der Waals surface area contributed by atoms with Gasteiger partial charge in [0.2, 0.25) is 5.13 Å². The van der Waals surface area contributed by atoms with Crippen molar-refractivity contribution in [3.63, 3.8) is 0 Å². The number of hydrogen-bond donors (Lipinski definition) is 1. The van der Waals surface area contributed by atoms with Gasteiger partial charge in [-0.3, -0.25) is 14.5 Å². The number of benzene rings is 1. The van der Waals surface area contributed by atoms with Gasteiger partial charge in [-0.05, 0) is 64.1 Å². The molecular formula is C22H21N3O5S. The molecule has 1 aliphatic heterocycles. The van der Waals surface area contributed by atoms with Crippen LogP contribution >= 0.6 is 11.3 Å². The molecule has 3 heterocycles. The van der Waals surface area contributed by atoms with E-state index >= 15 is 0 Å². The van der Waals surface area contributed by atoms with E-state index in [4.69, 9.17) is 9.15 Å². The van der Waals surface area contributed by atoms with Gasteiger partial charge in [-0.15, -0.1) is 10.2 Å². The highest BCUT2D eigenvalue weighted by Gasteiger charge is 2.49. The Morgan fingerprint density at radius 1 is 1.13 bits per heavy atom. The van der Waals surface area contributed by atoms with Crippen LogP contribution in [0.15, 0.2) is 46.4 Å². The first-order valence-electron chi connectivity index (χ1n) is 9.70. The number of amides is 1. The van der Waals surface area contributed by atoms with E-state index in [1.54, 1.807) is 50.2 Å². The zero-order chi connectivity index (χ0) is 22.3. The van der Waals surface area contributed by atoms with Crippen molar-refractivity contribution in [2.75, 3.05) is 4.90 Å². The van der Waals surface area contributed by atoms with E-state index in [1.807, 2.05) is 13.8 Å². The summed E-state index contributed by atoms with van der Waals surface area (Å²) in [5, 5.41) is 19.9. The lowest BCUT2D eigenvalue weighted by Crippen LogP contribution is -2.29. The summed E-state index contributed by atoms with van der Waals surface area (Å²) < 4.78 is 11.4. The Morgan fingerprint density at radius 3 is 2.39 bits per heavy atom. The number of rotatable bonds is 5. The smallest absolute Gasteiger partial charge is 0.302 e. The molecule has 0 saturated carbocycles. The van der Waals surface area contributed by atoms with Gasteiger partial charge in [-0.2, -0.15) is 0 Å². The molecular weight excluding hydrogens is 418 g/mol. The van der Waals surface area contributed by atoms with E-state index in [-0.39, 0.29) is 22.6 Å². The topological polar surface area (TPSA) is 106 Å². The Bertz CT molecular complexity index is 1180. The zero-order valence-corrected chi connectivity index (χ0v) is 18.3. The molecule has 8 nitrogen and oxygen atoms in total. The predicted molar refractivity (Wildman–Crippen MR) is 115 cm³/mol. The molecule has 31 heavy (non-hydrogen) atoms. The number of aliphatic hydroxyl groups is 1. The van der Waals surface area contributed by atoms with E-state index in [0.29, 0.717) is 27.8 Å². The van der Waals surface area contributed by atoms with Gasteiger partial charge in [0.1, 0.15) is 34.1 Å². The molecule has 1 N–H and O–H groups in total. The van der Waals surface area contributed by atoms with Crippen molar-refractivity contribution in [2.45, 2.75) is 39.8 Å². The number of aliphatic hydroxyl groups excluding tert-OH is 1. The highest BCUT2D eigenvalue weighted by atomic mass is 32.1. The highest BCUT2D eigenvalue weighted by Crippen LogP contribution is 2.43. The lowest BCUT2D eigenvalue weighted by atomic mass is 9.99. The van der Waals surface area contributed by atoms with Gasteiger partial charge in [0, 0.05) is 5.56 Å². The molecule has 1 atom stereocenters. The molecule has 0 radical (unpaired) electrons. The largest absolute Gasteiger partial charge is 0.507 e. The van der Waals surface area contributed by atoms with Crippen molar-refractivity contribution in [3.05, 3.63) is 64.1 Å². The minimum Gasteiger partial charge on any atom is -0.507 e. The quantitative estimate of drug-likeness (QED) is 0.361. The molecule has 0 aliphatic carbocycles. The second-order valence-corrected chi connectivity index (χ2v) is 8.57. The van der Waals surface area contributed by atoms with Crippen LogP contribution in [-0.4, -0.2) is 33.1 Å². The van der Waals surface area contributed by atoms with Gasteiger partial charge >= 0.3 is 5.91 Å². The number of ketones is 1. The Kier molecular flexibility index (Phi) is 5.36. The predicted octanol–water partition coefficient (Wildman–Crippen LogP) is 4.16. The lowest BCUT2D eigenvalue weighted by Gasteiger charge is -2.20. The second kappa shape index (κ2) is 7.99. The summed E-state index contributed by atoms with van der Waals surface area (Å²) in [5.41, 5.74) is 0.320. The molecule has 1 amide bonds. The molecule has 1 fully saturated rings. The third kappa shape index (κ3) is 3.84. The van der Waals surface area contributed by atoms with Crippen molar-refractivity contribution in [1.82, 2.24) is 10.2 Å². The van der Waals surface area contributed by atoms with Gasteiger partial charge in [0.15, 0.2) is 0 Å². The van der Waals surface area contributed by atoms with Gasteiger partial charge < -0.3 is 14.3 Å². The molecule has 4 rings (SSSR count). The third-order valence-electron chi connectivity index (χ3n) is 4.70. The Morgan fingerprint density at radius 2 is 1.84 bits per heavy atom. The van der Waals surface area contributed by atoms with Gasteiger partial charge in [0.05, 0.1) is 11.7 Å². The summed E-state index contributed by atoms with van der Waals surface area (Å²) in [4.78, 5) is 27.2. The molecule has 0 bridgehead atoms. The molecule has 1 unspecified atom stereocenters. The fourth-order valence-electron chi connectivity index (χ4n) is 3.40. The molecule has 3 aromatic rings. The van der Waals surface area contributed by atoms with Crippen LogP contribution < -0.4 is 9.64 Å². The average Bonchev–Trinajstić information content (AvgIpc) is 3.40. The van der Waals surface area contributed by atoms with E-state index < -0.39 is 17.7 Å². The summed E-state index contributed by atoms with van der Waals surface area (Å²) >= 11 is 1.18. The second-order valence-electron chi connectivity index (χ2n) is 7.41. The van der Waals surface area contributed by atoms with Crippen molar-refractivity contribution in [1.29, 1.82) is 0 Å². The maximum Gasteiger partial charge on any atom is 0.302 e. The number of anilines is 1. The van der Waals surface area contributed by atoms with Crippen molar-refractivity contribution in [2.24, 2.45) is 0 Å². The first-order chi connectivity index (χ1) is 14.8. The Labute approximate surface area is 182 Å². The summed E-state index contributed by atoms with van der Waals surface area (Å²) in [6.45, 7) is 7.34. The Balaban J connectivity index is 1.84. The maximum atomic E-state index is 13.0. The molecule has 1 saturated heterocycles. The zero-order valence-electron chi connectivity index (χ0n) is 17.4. The number of nitrogens with zero attached hydrogens (tertiary/aromatic N) is 3. The monoisotopic (exact) mass is 439 g/mol. The van der Waals surface area contributed by atoms with Crippen LogP contribution in [0.3, 0.4) is 0 Å². The molecule has 0 spiro atoms. The highest BCUT2D eigenvalue weighted by molar-refractivity contribution is 7.15. The fourth-order valence-corrected chi connectivity index (χ4v) is 4.12. The number of hydrogen-bond acceptors (Lipinski definition) is 8. The first-order valence-corrected chi connectivity index (χ1v) is 10.5. The SMILES string of the molecule is Cc1ccc(C2C(=C(O)c3ccc(OC(C)C)cc3)C(=O)C(=O)N2c2nnc(C)s2)o1. The Hall–Kier alpha value is -3.46. The van der Waals surface area contributed by atoms with Crippen LogP contribution in [0.1, 0.15) is 42.0 Å². The van der Waals surface area contributed by atoms with Crippen LogP contribution in [0, 0.1) is 13.8 Å². The van der Waals surface area contributed by atoms with Crippen LogP contribution in [0.25, 0.3) is 5.76 Å². The third-order valence-corrected chi connectivity index (χ3v) is 5.53. The van der Waals surface area contributed by atoms with Crippen molar-refractivity contribution in [3.8, 4) is 5.75 Å². The average molecular weight is 439 g/mol. The van der Waals surface area contributed by atoms with E-state index in [9.17, 15) is 14.7 Å². The maximum absolute atomic E-state index is 13.0. The van der Waals surface area contributed by atoms with Crippen LogP contribution in [-0.2, 0) is 9.59 Å². The number of furan rings is 1. The number of ether oxygens (including phenoxy) is 1. The fraction of sp³-hybridized carbons (Fsp3) is 0.273. The summed E-state index contributed by atoms with van der Waals surface area (Å²) in [6, 6.07) is 9.14. The van der Waals surface area contributed by atoms with Crippen LogP contribution in [0.2, 0.25) is 0 Å². The standard InChI is InChI=1S/C22H21N3O5S/c1-11(2)29-15-8-6-14(7-9-15)19(26)17-18(16-10-5-12(3)30-16)25(21(28)20(17)27)22-24-23-13(4)31-22/h5-11,18,26H,1-4H3. The van der Waals surface area contributed by atoms with Crippen LogP contribution in [0.4, 0.5) is 5.13 Å². The normalized spacial score (nSPS) is 18.2. The minimum atomic E-state index is -0.951. The number of aryl methyl sites for hydroxylation is 2. The van der Waals surface area contributed by atoms with Crippen molar-refractivity contribution < 1.29 is 23.8 Å². The first kappa shape index (κ1) is 20.8. The summed E-state index contributed by atoms with van der Waals surface area (Å²) in [5.74, 6) is -0.301. The lowest BCUT2D eigenvalue weighted by molar-refractivity contribution is -0.132. The summed E-state index contributed by atoms with van der Waals surface area (Å²) in [7, 11) is 0. The van der Waals surface area contributed by atoms with Gasteiger partial charge in [0.25, 0.3) is 5.78 Å².